The second-order valence-electron chi connectivity index (χ2n) is 4.34. The van der Waals surface area contributed by atoms with Crippen LogP contribution in [0.2, 0.25) is 0 Å². The van der Waals surface area contributed by atoms with Gasteiger partial charge < -0.3 is 4.74 Å². The summed E-state index contributed by atoms with van der Waals surface area (Å²) in [4.78, 5) is 13.8. The van der Waals surface area contributed by atoms with Gasteiger partial charge in [-0.25, -0.2) is 5.84 Å². The molecule has 5 heteroatoms. The van der Waals surface area contributed by atoms with Crippen LogP contribution in [0.1, 0.15) is 19.3 Å². The van der Waals surface area contributed by atoms with Crippen molar-refractivity contribution in [3.8, 4) is 0 Å². The molecule has 0 aromatic heterocycles. The van der Waals surface area contributed by atoms with Crippen LogP contribution < -0.4 is 11.3 Å². The van der Waals surface area contributed by atoms with E-state index in [1.165, 1.54) is 0 Å². The van der Waals surface area contributed by atoms with Crippen LogP contribution >= 0.6 is 0 Å². The number of nitrogens with one attached hydrogen (secondary N) is 1. The zero-order valence-electron chi connectivity index (χ0n) is 8.95. The van der Waals surface area contributed by atoms with Crippen molar-refractivity contribution >= 4 is 5.91 Å². The molecule has 0 saturated carbocycles. The first-order chi connectivity index (χ1) is 7.31. The minimum absolute atomic E-state index is 0.0164. The van der Waals surface area contributed by atoms with Crippen LogP contribution in [-0.2, 0) is 9.53 Å². The molecule has 2 heterocycles. The number of hydrazine groups is 1. The minimum Gasteiger partial charge on any atom is -0.380 e. The van der Waals surface area contributed by atoms with Gasteiger partial charge in [0.25, 0.3) is 0 Å². The molecule has 2 saturated heterocycles. The molecule has 15 heavy (non-hydrogen) atoms. The molecule has 2 aliphatic rings. The zero-order valence-corrected chi connectivity index (χ0v) is 8.95. The van der Waals surface area contributed by atoms with Gasteiger partial charge in [0.15, 0.2) is 0 Å². The third-order valence-electron chi connectivity index (χ3n) is 3.46. The van der Waals surface area contributed by atoms with Crippen LogP contribution in [0.15, 0.2) is 0 Å². The van der Waals surface area contributed by atoms with Gasteiger partial charge in [0.1, 0.15) is 0 Å². The van der Waals surface area contributed by atoms with Crippen LogP contribution in [0.4, 0.5) is 0 Å². The highest BCUT2D eigenvalue weighted by Gasteiger charge is 2.29. The fraction of sp³-hybridized carbons (Fsp3) is 0.900. The minimum atomic E-state index is -0.0164. The number of ether oxygens (including phenoxy) is 1. The van der Waals surface area contributed by atoms with Crippen molar-refractivity contribution in [3.63, 3.8) is 0 Å². The number of hydrogen-bond donors (Lipinski definition) is 2. The van der Waals surface area contributed by atoms with E-state index < -0.39 is 0 Å². The molecule has 0 bridgehead atoms. The van der Waals surface area contributed by atoms with Gasteiger partial charge in [-0.15, -0.1) is 0 Å². The predicted molar refractivity (Wildman–Crippen MR) is 55.9 cm³/mol. The molecule has 2 aliphatic heterocycles. The molecule has 0 unspecified atom stereocenters. The number of nitrogens with two attached hydrogens (primary N) is 1. The Labute approximate surface area is 89.9 Å². The third-order valence-corrected chi connectivity index (χ3v) is 3.46. The number of rotatable bonds is 2. The molecule has 0 aliphatic carbocycles. The summed E-state index contributed by atoms with van der Waals surface area (Å²) < 4.78 is 5.36. The monoisotopic (exact) mass is 213 g/mol. The van der Waals surface area contributed by atoms with Crippen LogP contribution in [0.5, 0.6) is 0 Å². The van der Waals surface area contributed by atoms with Crippen molar-refractivity contribution in [1.82, 2.24) is 10.3 Å². The lowest BCUT2D eigenvalue weighted by Gasteiger charge is -2.34. The Morgan fingerprint density at radius 3 is 2.60 bits per heavy atom. The highest BCUT2D eigenvalue weighted by molar-refractivity contribution is 5.78. The number of hydrogen-bond acceptors (Lipinski definition) is 4. The lowest BCUT2D eigenvalue weighted by atomic mass is 9.95. The Hall–Kier alpha value is -0.650. The topological polar surface area (TPSA) is 67.6 Å². The first-order valence-corrected chi connectivity index (χ1v) is 5.63. The normalized spacial score (nSPS) is 29.3. The van der Waals surface area contributed by atoms with E-state index in [9.17, 15) is 4.79 Å². The largest absolute Gasteiger partial charge is 0.380 e. The first kappa shape index (κ1) is 10.9. The summed E-state index contributed by atoms with van der Waals surface area (Å²) in [5, 5.41) is 0. The van der Waals surface area contributed by atoms with Gasteiger partial charge in [-0.3, -0.25) is 15.1 Å². The van der Waals surface area contributed by atoms with Crippen molar-refractivity contribution in [1.29, 1.82) is 0 Å². The lowest BCUT2D eigenvalue weighted by molar-refractivity contribution is -0.126. The Kier molecular flexibility index (Phi) is 3.56. The van der Waals surface area contributed by atoms with Crippen molar-refractivity contribution in [3.05, 3.63) is 0 Å². The van der Waals surface area contributed by atoms with E-state index in [0.717, 1.165) is 45.6 Å². The van der Waals surface area contributed by atoms with Gasteiger partial charge in [-0.1, -0.05) is 0 Å². The summed E-state index contributed by atoms with van der Waals surface area (Å²) in [6.07, 6.45) is 2.97. The molecule has 0 aromatic rings. The van der Waals surface area contributed by atoms with E-state index in [-0.39, 0.29) is 11.8 Å². The van der Waals surface area contributed by atoms with E-state index >= 15 is 0 Å². The van der Waals surface area contributed by atoms with Crippen molar-refractivity contribution in [2.45, 2.75) is 25.3 Å². The van der Waals surface area contributed by atoms with E-state index in [0.29, 0.717) is 6.04 Å². The maximum absolute atomic E-state index is 11.3. The number of carbonyl (C=O) groups is 1. The third kappa shape index (κ3) is 2.48. The van der Waals surface area contributed by atoms with Crippen LogP contribution in [0, 0.1) is 5.92 Å². The summed E-state index contributed by atoms with van der Waals surface area (Å²) in [6, 6.07) is 0.576. The molecule has 0 spiro atoms. The van der Waals surface area contributed by atoms with Crippen LogP contribution in [0.3, 0.4) is 0 Å². The summed E-state index contributed by atoms with van der Waals surface area (Å²) in [6.45, 7) is 3.72. The van der Waals surface area contributed by atoms with E-state index in [4.69, 9.17) is 10.6 Å². The average molecular weight is 213 g/mol. The number of carbonyl (C=O) groups excluding carboxylic acids is 1. The molecule has 2 rings (SSSR count). The Morgan fingerprint density at radius 2 is 2.07 bits per heavy atom. The predicted octanol–water partition coefficient (Wildman–Crippen LogP) is -0.523. The number of nitrogens with zero attached hydrogens (tertiary/aromatic N) is 1. The first-order valence-electron chi connectivity index (χ1n) is 5.63. The second kappa shape index (κ2) is 4.92. The number of piperidine rings is 1. The molecule has 0 aromatic carbocycles. The second-order valence-corrected chi connectivity index (χ2v) is 4.34. The van der Waals surface area contributed by atoms with Gasteiger partial charge in [-0.05, 0) is 32.4 Å². The van der Waals surface area contributed by atoms with Gasteiger partial charge in [0.2, 0.25) is 5.91 Å². The van der Waals surface area contributed by atoms with Crippen molar-refractivity contribution in [2.24, 2.45) is 11.8 Å². The maximum Gasteiger partial charge on any atom is 0.237 e. The molecular weight excluding hydrogens is 194 g/mol. The molecule has 5 nitrogen and oxygen atoms in total. The quantitative estimate of drug-likeness (QED) is 0.368. The summed E-state index contributed by atoms with van der Waals surface area (Å²) in [7, 11) is 0. The van der Waals surface area contributed by atoms with Crippen LogP contribution in [-0.4, -0.2) is 43.2 Å². The SMILES string of the molecule is NNC(=O)C1CCN([C@@H]2CCOC2)CC1. The van der Waals surface area contributed by atoms with Crippen molar-refractivity contribution < 1.29 is 9.53 Å². The molecular formula is C10H19N3O2. The van der Waals surface area contributed by atoms with Gasteiger partial charge in [0, 0.05) is 18.6 Å². The smallest absolute Gasteiger partial charge is 0.237 e. The summed E-state index contributed by atoms with van der Waals surface area (Å²) in [5.41, 5.74) is 2.24. The highest BCUT2D eigenvalue weighted by atomic mass is 16.5. The zero-order chi connectivity index (χ0) is 10.7. The average Bonchev–Trinajstić information content (AvgIpc) is 2.82. The van der Waals surface area contributed by atoms with Crippen molar-refractivity contribution in [2.75, 3.05) is 26.3 Å². The van der Waals surface area contributed by atoms with E-state index in [2.05, 4.69) is 10.3 Å². The standard InChI is InChI=1S/C10H19N3O2/c11-12-10(14)8-1-4-13(5-2-8)9-3-6-15-7-9/h8-9H,1-7,11H2,(H,12,14)/t9-/m1/s1. The van der Waals surface area contributed by atoms with E-state index in [1.54, 1.807) is 0 Å². The maximum atomic E-state index is 11.3. The molecule has 86 valence electrons. The number of likely N-dealkylation sites (tertiary alicyclic amines) is 1. The van der Waals surface area contributed by atoms with Crippen LogP contribution in [0.25, 0.3) is 0 Å². The van der Waals surface area contributed by atoms with Gasteiger partial charge >= 0.3 is 0 Å². The Bertz CT molecular complexity index is 221. The molecule has 0 radical (unpaired) electrons. The summed E-state index contributed by atoms with van der Waals surface area (Å²) >= 11 is 0. The van der Waals surface area contributed by atoms with Gasteiger partial charge in [-0.2, -0.15) is 0 Å². The van der Waals surface area contributed by atoms with E-state index in [1.807, 2.05) is 0 Å². The highest BCUT2D eigenvalue weighted by Crippen LogP contribution is 2.22. The Balaban J connectivity index is 1.78. The lowest BCUT2D eigenvalue weighted by Crippen LogP contribution is -2.46. The molecule has 1 amide bonds. The fourth-order valence-electron chi connectivity index (χ4n) is 2.45. The fourth-order valence-corrected chi connectivity index (χ4v) is 2.45. The molecule has 3 N–H and O–H groups in total. The number of amides is 1. The Morgan fingerprint density at radius 1 is 1.33 bits per heavy atom. The summed E-state index contributed by atoms with van der Waals surface area (Å²) in [5.74, 6) is 5.22. The molecule has 1 atom stereocenters. The molecule has 2 fully saturated rings. The van der Waals surface area contributed by atoms with Gasteiger partial charge in [0.05, 0.1) is 6.61 Å².